The van der Waals surface area contributed by atoms with Crippen molar-refractivity contribution in [1.82, 2.24) is 15.1 Å². The third-order valence-electron chi connectivity index (χ3n) is 5.31. The van der Waals surface area contributed by atoms with Crippen LogP contribution in [0.5, 0.6) is 0 Å². The summed E-state index contributed by atoms with van der Waals surface area (Å²) in [5.41, 5.74) is 0.513. The van der Waals surface area contributed by atoms with Gasteiger partial charge in [0.05, 0.1) is 17.9 Å². The topological polar surface area (TPSA) is 75.0 Å². The first kappa shape index (κ1) is 19.9. The van der Waals surface area contributed by atoms with Crippen LogP contribution in [0, 0.1) is 0 Å². The molecule has 1 unspecified atom stereocenters. The van der Waals surface area contributed by atoms with Crippen molar-refractivity contribution in [3.8, 4) is 0 Å². The Bertz CT molecular complexity index is 578. The predicted octanol–water partition coefficient (Wildman–Crippen LogP) is 1.89. The number of likely N-dealkylation sites (tertiary alicyclic amines) is 1. The second-order valence-electron chi connectivity index (χ2n) is 7.40. The first-order valence-corrected chi connectivity index (χ1v) is 10.1. The lowest BCUT2D eigenvalue weighted by molar-refractivity contribution is -0.121. The summed E-state index contributed by atoms with van der Waals surface area (Å²) in [5.74, 6) is -0.121. The van der Waals surface area contributed by atoms with Crippen molar-refractivity contribution in [3.63, 3.8) is 0 Å². The normalized spacial score (nSPS) is 20.5. The number of piperidine rings is 1. The molecule has 3 rings (SSSR count). The van der Waals surface area contributed by atoms with Gasteiger partial charge in [0.25, 0.3) is 5.91 Å². The SMILES string of the molecule is O=C(CCN(CC1CCCO1)C(=O)c1ccoc1)NCCN1CCCCC1. The van der Waals surface area contributed by atoms with E-state index in [0.717, 1.165) is 39.1 Å². The number of rotatable bonds is 9. The number of carbonyl (C=O) groups is 2. The van der Waals surface area contributed by atoms with Crippen molar-refractivity contribution < 1.29 is 18.7 Å². The molecule has 1 atom stereocenters. The average molecular weight is 377 g/mol. The van der Waals surface area contributed by atoms with Crippen molar-refractivity contribution in [1.29, 1.82) is 0 Å². The second-order valence-corrected chi connectivity index (χ2v) is 7.40. The molecule has 2 aliphatic heterocycles. The van der Waals surface area contributed by atoms with Crippen molar-refractivity contribution in [3.05, 3.63) is 24.2 Å². The largest absolute Gasteiger partial charge is 0.472 e. The van der Waals surface area contributed by atoms with Crippen molar-refractivity contribution >= 4 is 11.8 Å². The summed E-state index contributed by atoms with van der Waals surface area (Å²) in [6.45, 7) is 5.48. The highest BCUT2D eigenvalue weighted by molar-refractivity contribution is 5.94. The van der Waals surface area contributed by atoms with E-state index in [0.29, 0.717) is 31.6 Å². The zero-order valence-corrected chi connectivity index (χ0v) is 16.0. The molecule has 0 aromatic carbocycles. The second kappa shape index (κ2) is 10.5. The van der Waals surface area contributed by atoms with Crippen LogP contribution in [-0.4, -0.2) is 73.6 Å². The highest BCUT2D eigenvalue weighted by Gasteiger charge is 2.24. The van der Waals surface area contributed by atoms with E-state index in [1.54, 1.807) is 11.0 Å². The van der Waals surface area contributed by atoms with E-state index in [1.165, 1.54) is 31.8 Å². The van der Waals surface area contributed by atoms with Gasteiger partial charge in [-0.15, -0.1) is 0 Å². The zero-order chi connectivity index (χ0) is 18.9. The van der Waals surface area contributed by atoms with Gasteiger partial charge in [0.1, 0.15) is 6.26 Å². The lowest BCUT2D eigenvalue weighted by Gasteiger charge is -2.26. The van der Waals surface area contributed by atoms with E-state index in [9.17, 15) is 9.59 Å². The van der Waals surface area contributed by atoms with Crippen LogP contribution in [0.2, 0.25) is 0 Å². The molecule has 0 saturated carbocycles. The maximum absolute atomic E-state index is 12.7. The summed E-state index contributed by atoms with van der Waals surface area (Å²) < 4.78 is 10.7. The van der Waals surface area contributed by atoms with Crippen LogP contribution in [0.15, 0.2) is 23.0 Å². The van der Waals surface area contributed by atoms with Crippen molar-refractivity contribution in [2.75, 3.05) is 45.9 Å². The Morgan fingerprint density at radius 3 is 2.78 bits per heavy atom. The molecule has 2 fully saturated rings. The monoisotopic (exact) mass is 377 g/mol. The number of hydrogen-bond acceptors (Lipinski definition) is 5. The van der Waals surface area contributed by atoms with Crippen molar-refractivity contribution in [2.24, 2.45) is 0 Å². The molecule has 0 radical (unpaired) electrons. The minimum Gasteiger partial charge on any atom is -0.472 e. The van der Waals surface area contributed by atoms with Gasteiger partial charge in [0, 0.05) is 39.2 Å². The third kappa shape index (κ3) is 6.36. The Labute approximate surface area is 161 Å². The molecule has 2 saturated heterocycles. The molecule has 27 heavy (non-hydrogen) atoms. The first-order valence-electron chi connectivity index (χ1n) is 10.1. The molecule has 1 aromatic rings. The van der Waals surface area contributed by atoms with E-state index >= 15 is 0 Å². The number of nitrogens with zero attached hydrogens (tertiary/aromatic N) is 2. The first-order chi connectivity index (χ1) is 13.2. The maximum Gasteiger partial charge on any atom is 0.257 e. The Hall–Kier alpha value is -1.86. The summed E-state index contributed by atoms with van der Waals surface area (Å²) in [5, 5.41) is 2.98. The van der Waals surface area contributed by atoms with E-state index < -0.39 is 0 Å². The minimum atomic E-state index is -0.111. The molecular weight excluding hydrogens is 346 g/mol. The average Bonchev–Trinajstić information content (AvgIpc) is 3.39. The Morgan fingerprint density at radius 2 is 2.07 bits per heavy atom. The molecule has 2 aliphatic rings. The summed E-state index contributed by atoms with van der Waals surface area (Å²) in [6.07, 6.45) is 9.10. The van der Waals surface area contributed by atoms with Gasteiger partial charge in [0.2, 0.25) is 5.91 Å². The summed E-state index contributed by atoms with van der Waals surface area (Å²) in [7, 11) is 0. The molecule has 3 heterocycles. The fraction of sp³-hybridized carbons (Fsp3) is 0.700. The van der Waals surface area contributed by atoms with Gasteiger partial charge in [-0.25, -0.2) is 0 Å². The molecule has 1 N–H and O–H groups in total. The molecule has 2 amide bonds. The lowest BCUT2D eigenvalue weighted by atomic mass is 10.1. The molecule has 7 nitrogen and oxygen atoms in total. The number of amides is 2. The number of nitrogens with one attached hydrogen (secondary N) is 1. The molecule has 0 aliphatic carbocycles. The van der Waals surface area contributed by atoms with E-state index in [2.05, 4.69) is 10.2 Å². The number of hydrogen-bond donors (Lipinski definition) is 1. The van der Waals surface area contributed by atoms with Crippen LogP contribution in [-0.2, 0) is 9.53 Å². The molecule has 150 valence electrons. The van der Waals surface area contributed by atoms with Crippen LogP contribution in [0.25, 0.3) is 0 Å². The predicted molar refractivity (Wildman–Crippen MR) is 102 cm³/mol. The Kier molecular flexibility index (Phi) is 7.71. The van der Waals surface area contributed by atoms with Crippen LogP contribution in [0.3, 0.4) is 0 Å². The van der Waals surface area contributed by atoms with Crippen molar-refractivity contribution in [2.45, 2.75) is 44.6 Å². The molecule has 0 spiro atoms. The molecule has 7 heteroatoms. The number of carbonyl (C=O) groups excluding carboxylic acids is 2. The molecular formula is C20H31N3O4. The highest BCUT2D eigenvalue weighted by atomic mass is 16.5. The smallest absolute Gasteiger partial charge is 0.257 e. The number of ether oxygens (including phenoxy) is 1. The van der Waals surface area contributed by atoms with Crippen LogP contribution in [0.1, 0.15) is 48.9 Å². The molecule has 1 aromatic heterocycles. The third-order valence-corrected chi connectivity index (χ3v) is 5.31. The van der Waals surface area contributed by atoms with Gasteiger partial charge in [-0.05, 0) is 44.8 Å². The fourth-order valence-corrected chi connectivity index (χ4v) is 3.74. The van der Waals surface area contributed by atoms with Crippen LogP contribution in [0.4, 0.5) is 0 Å². The maximum atomic E-state index is 12.7. The Balaban J connectivity index is 1.43. The van der Waals surface area contributed by atoms with Gasteiger partial charge in [-0.2, -0.15) is 0 Å². The Morgan fingerprint density at radius 1 is 1.22 bits per heavy atom. The summed E-state index contributed by atoms with van der Waals surface area (Å²) in [4.78, 5) is 29.0. The van der Waals surface area contributed by atoms with Crippen LogP contribution >= 0.6 is 0 Å². The lowest BCUT2D eigenvalue weighted by Crippen LogP contribution is -2.41. The van der Waals surface area contributed by atoms with Gasteiger partial charge in [-0.3, -0.25) is 9.59 Å². The fourth-order valence-electron chi connectivity index (χ4n) is 3.74. The number of furan rings is 1. The highest BCUT2D eigenvalue weighted by Crippen LogP contribution is 2.15. The summed E-state index contributed by atoms with van der Waals surface area (Å²) >= 11 is 0. The summed E-state index contributed by atoms with van der Waals surface area (Å²) in [6, 6.07) is 1.66. The zero-order valence-electron chi connectivity index (χ0n) is 16.0. The van der Waals surface area contributed by atoms with E-state index in [4.69, 9.17) is 9.15 Å². The van der Waals surface area contributed by atoms with E-state index in [-0.39, 0.29) is 17.9 Å². The van der Waals surface area contributed by atoms with Gasteiger partial charge >= 0.3 is 0 Å². The van der Waals surface area contributed by atoms with Gasteiger partial charge in [0.15, 0.2) is 0 Å². The van der Waals surface area contributed by atoms with Crippen LogP contribution < -0.4 is 5.32 Å². The van der Waals surface area contributed by atoms with E-state index in [1.807, 2.05) is 0 Å². The standard InChI is InChI=1S/C20H31N3O4/c24-19(21-8-12-22-9-2-1-3-10-22)6-11-23(15-18-5-4-13-27-18)20(25)17-7-14-26-16-17/h7,14,16,18H,1-6,8-13,15H2,(H,21,24). The molecule has 0 bridgehead atoms. The van der Waals surface area contributed by atoms with Gasteiger partial charge in [-0.1, -0.05) is 6.42 Å². The quantitative estimate of drug-likeness (QED) is 0.711. The van der Waals surface area contributed by atoms with Gasteiger partial charge < -0.3 is 24.3 Å². The minimum absolute atomic E-state index is 0.00987.